The first kappa shape index (κ1) is 15.5. The molecule has 108 valence electrons. The smallest absolute Gasteiger partial charge is 0.242 e. The number of rotatable bonds is 9. The third kappa shape index (κ3) is 5.71. The van der Waals surface area contributed by atoms with E-state index in [2.05, 4.69) is 20.2 Å². The third-order valence-electron chi connectivity index (χ3n) is 2.35. The maximum Gasteiger partial charge on any atom is 0.242 e. The molecule has 19 heavy (non-hydrogen) atoms. The number of likely N-dealkylation sites (N-methyl/N-ethyl adjacent to an activating group) is 1. The lowest BCUT2D eigenvalue weighted by Gasteiger charge is -2.12. The van der Waals surface area contributed by atoms with Gasteiger partial charge in [-0.3, -0.25) is 0 Å². The van der Waals surface area contributed by atoms with Crippen molar-refractivity contribution in [2.75, 3.05) is 58.1 Å². The summed E-state index contributed by atoms with van der Waals surface area (Å²) in [4.78, 5) is 10.1. The van der Waals surface area contributed by atoms with Gasteiger partial charge >= 0.3 is 0 Å². The normalized spacial score (nSPS) is 10.7. The van der Waals surface area contributed by atoms with Crippen molar-refractivity contribution in [2.45, 2.75) is 6.92 Å². The maximum atomic E-state index is 5.89. The van der Waals surface area contributed by atoms with Gasteiger partial charge in [-0.25, -0.2) is 4.98 Å². The van der Waals surface area contributed by atoms with Crippen LogP contribution < -0.4 is 15.8 Å². The predicted molar refractivity (Wildman–Crippen MR) is 75.5 cm³/mol. The Labute approximate surface area is 114 Å². The average molecular weight is 269 g/mol. The minimum absolute atomic E-state index is 0.411. The molecule has 0 fully saturated rings. The van der Waals surface area contributed by atoms with Crippen molar-refractivity contribution >= 4 is 11.5 Å². The highest BCUT2D eigenvalue weighted by atomic mass is 16.5. The molecule has 1 aromatic rings. The van der Waals surface area contributed by atoms with E-state index in [9.17, 15) is 0 Å². The Morgan fingerprint density at radius 2 is 2.11 bits per heavy atom. The zero-order chi connectivity index (χ0) is 14.1. The summed E-state index contributed by atoms with van der Waals surface area (Å²) >= 11 is 0. The Bertz CT molecular complexity index is 373. The van der Waals surface area contributed by atoms with Crippen molar-refractivity contribution in [1.29, 1.82) is 0 Å². The summed E-state index contributed by atoms with van der Waals surface area (Å²) in [5, 5.41) is 3.11. The molecule has 3 N–H and O–H groups in total. The molecule has 0 saturated heterocycles. The molecule has 0 saturated carbocycles. The molecule has 0 spiro atoms. The molecule has 0 bridgehead atoms. The molecule has 7 heteroatoms. The number of nitrogens with zero attached hydrogens (tertiary/aromatic N) is 3. The first-order chi connectivity index (χ1) is 9.15. The lowest BCUT2D eigenvalue weighted by molar-refractivity contribution is 0.126. The van der Waals surface area contributed by atoms with Crippen LogP contribution in [-0.2, 0) is 4.74 Å². The van der Waals surface area contributed by atoms with Gasteiger partial charge in [0.05, 0.1) is 19.8 Å². The average Bonchev–Trinajstić information content (AvgIpc) is 2.37. The second kappa shape index (κ2) is 8.49. The molecule has 0 amide bonds. The zero-order valence-corrected chi connectivity index (χ0v) is 11.8. The molecule has 1 aromatic heterocycles. The molecule has 0 radical (unpaired) electrons. The highest BCUT2D eigenvalue weighted by molar-refractivity contribution is 5.66. The minimum Gasteiger partial charge on any atom is -0.476 e. The van der Waals surface area contributed by atoms with E-state index in [4.69, 9.17) is 15.2 Å². The summed E-state index contributed by atoms with van der Waals surface area (Å²) in [7, 11) is 4.02. The number of ether oxygens (including phenoxy) is 2. The van der Waals surface area contributed by atoms with Gasteiger partial charge in [-0.2, -0.15) is 4.98 Å². The van der Waals surface area contributed by atoms with Crippen molar-refractivity contribution in [3.63, 3.8) is 0 Å². The largest absolute Gasteiger partial charge is 0.476 e. The number of hydrogen-bond donors (Lipinski definition) is 2. The number of nitrogens with one attached hydrogen (secondary N) is 1. The van der Waals surface area contributed by atoms with E-state index in [1.807, 2.05) is 21.0 Å². The van der Waals surface area contributed by atoms with E-state index in [1.165, 1.54) is 6.33 Å². The van der Waals surface area contributed by atoms with Crippen molar-refractivity contribution in [3.8, 4) is 5.88 Å². The number of nitrogen functional groups attached to an aromatic ring is 1. The Morgan fingerprint density at radius 1 is 1.32 bits per heavy atom. The molecular weight excluding hydrogens is 246 g/mol. The second-order valence-corrected chi connectivity index (χ2v) is 4.22. The fraction of sp³-hybridized carbons (Fsp3) is 0.667. The van der Waals surface area contributed by atoms with E-state index in [0.29, 0.717) is 43.8 Å². The van der Waals surface area contributed by atoms with Gasteiger partial charge in [-0.1, -0.05) is 0 Å². The lowest BCUT2D eigenvalue weighted by atomic mass is 10.4. The summed E-state index contributed by atoms with van der Waals surface area (Å²) in [5.74, 6) is 0.989. The standard InChI is InChI=1S/C12H23N5O2/c1-4-19-12-10(13)11(15-9-16-12)14-5-7-18-8-6-17(2)3/h9H,4-8,13H2,1-3H3,(H,14,15,16). The molecule has 1 heterocycles. The van der Waals surface area contributed by atoms with E-state index in [0.717, 1.165) is 6.54 Å². The summed E-state index contributed by atoms with van der Waals surface area (Å²) in [5.41, 5.74) is 6.32. The van der Waals surface area contributed by atoms with Crippen LogP contribution in [0.2, 0.25) is 0 Å². The van der Waals surface area contributed by atoms with Gasteiger partial charge in [-0.15, -0.1) is 0 Å². The fourth-order valence-electron chi connectivity index (χ4n) is 1.36. The summed E-state index contributed by atoms with van der Waals surface area (Å²) in [6.45, 7) is 5.26. The quantitative estimate of drug-likeness (QED) is 0.629. The monoisotopic (exact) mass is 269 g/mol. The molecule has 0 aliphatic carbocycles. The van der Waals surface area contributed by atoms with Crippen LogP contribution in [0.5, 0.6) is 5.88 Å². The van der Waals surface area contributed by atoms with Crippen LogP contribution in [0.1, 0.15) is 6.92 Å². The van der Waals surface area contributed by atoms with Gasteiger partial charge in [-0.05, 0) is 21.0 Å². The molecule has 0 aliphatic rings. The number of hydrogen-bond acceptors (Lipinski definition) is 7. The van der Waals surface area contributed by atoms with Gasteiger partial charge in [0, 0.05) is 13.1 Å². The Balaban J connectivity index is 2.31. The van der Waals surface area contributed by atoms with Gasteiger partial charge in [0.25, 0.3) is 0 Å². The highest BCUT2D eigenvalue weighted by Crippen LogP contribution is 2.23. The predicted octanol–water partition coefficient (Wildman–Crippen LogP) is 0.448. The third-order valence-corrected chi connectivity index (χ3v) is 2.35. The first-order valence-corrected chi connectivity index (χ1v) is 6.34. The minimum atomic E-state index is 0.411. The number of anilines is 2. The van der Waals surface area contributed by atoms with Gasteiger partial charge < -0.3 is 25.4 Å². The Kier molecular flexibility index (Phi) is 6.91. The number of aromatic nitrogens is 2. The second-order valence-electron chi connectivity index (χ2n) is 4.22. The van der Waals surface area contributed by atoms with Crippen molar-refractivity contribution in [1.82, 2.24) is 14.9 Å². The van der Waals surface area contributed by atoms with Gasteiger partial charge in [0.1, 0.15) is 12.0 Å². The topological polar surface area (TPSA) is 85.5 Å². The fourth-order valence-corrected chi connectivity index (χ4v) is 1.36. The molecule has 0 atom stereocenters. The van der Waals surface area contributed by atoms with Gasteiger partial charge in [0.15, 0.2) is 5.82 Å². The van der Waals surface area contributed by atoms with Crippen LogP contribution in [0.15, 0.2) is 6.33 Å². The van der Waals surface area contributed by atoms with Crippen LogP contribution in [0, 0.1) is 0 Å². The van der Waals surface area contributed by atoms with E-state index in [1.54, 1.807) is 0 Å². The van der Waals surface area contributed by atoms with E-state index in [-0.39, 0.29) is 0 Å². The van der Waals surface area contributed by atoms with Crippen molar-refractivity contribution < 1.29 is 9.47 Å². The molecule has 7 nitrogen and oxygen atoms in total. The molecule has 0 aromatic carbocycles. The summed E-state index contributed by atoms with van der Waals surface area (Å²) in [6.07, 6.45) is 1.43. The van der Waals surface area contributed by atoms with Crippen LogP contribution in [0.3, 0.4) is 0 Å². The van der Waals surface area contributed by atoms with Crippen molar-refractivity contribution in [3.05, 3.63) is 6.33 Å². The lowest BCUT2D eigenvalue weighted by Crippen LogP contribution is -2.20. The van der Waals surface area contributed by atoms with Crippen LogP contribution in [0.4, 0.5) is 11.5 Å². The van der Waals surface area contributed by atoms with Crippen LogP contribution in [0.25, 0.3) is 0 Å². The summed E-state index contributed by atoms with van der Waals surface area (Å²) < 4.78 is 10.8. The molecule has 0 unspecified atom stereocenters. The summed E-state index contributed by atoms with van der Waals surface area (Å²) in [6, 6.07) is 0. The van der Waals surface area contributed by atoms with Crippen LogP contribution in [-0.4, -0.2) is 61.9 Å². The Morgan fingerprint density at radius 3 is 2.79 bits per heavy atom. The highest BCUT2D eigenvalue weighted by Gasteiger charge is 2.07. The molecule has 1 rings (SSSR count). The number of nitrogens with two attached hydrogens (primary N) is 1. The zero-order valence-electron chi connectivity index (χ0n) is 11.8. The molecule has 0 aliphatic heterocycles. The Hall–Kier alpha value is -1.60. The van der Waals surface area contributed by atoms with Gasteiger partial charge in [0.2, 0.25) is 5.88 Å². The first-order valence-electron chi connectivity index (χ1n) is 6.34. The van der Waals surface area contributed by atoms with Crippen molar-refractivity contribution in [2.24, 2.45) is 0 Å². The van der Waals surface area contributed by atoms with E-state index < -0.39 is 0 Å². The van der Waals surface area contributed by atoms with Crippen LogP contribution >= 0.6 is 0 Å². The van der Waals surface area contributed by atoms with E-state index >= 15 is 0 Å². The molecular formula is C12H23N5O2. The maximum absolute atomic E-state index is 5.89. The SMILES string of the molecule is CCOc1ncnc(NCCOCCN(C)C)c1N.